The van der Waals surface area contributed by atoms with Gasteiger partial charge < -0.3 is 10.0 Å². The minimum Gasteiger partial charge on any atom is -0.393 e. The Morgan fingerprint density at radius 3 is 2.76 bits per heavy atom. The van der Waals surface area contributed by atoms with Crippen LogP contribution in [-0.2, 0) is 6.42 Å². The van der Waals surface area contributed by atoms with Crippen LogP contribution in [0.4, 0.5) is 4.39 Å². The molecule has 0 fully saturated rings. The van der Waals surface area contributed by atoms with E-state index >= 15 is 0 Å². The van der Waals surface area contributed by atoms with E-state index in [4.69, 9.17) is 5.11 Å². The molecule has 0 amide bonds. The first-order chi connectivity index (χ1) is 8.08. The summed E-state index contributed by atoms with van der Waals surface area (Å²) in [5.74, 6) is -0.162. The fraction of sp³-hybridized carbons (Fsp3) is 0.571. The van der Waals surface area contributed by atoms with Gasteiger partial charge in [-0.05, 0) is 57.5 Å². The van der Waals surface area contributed by atoms with Gasteiger partial charge in [-0.3, -0.25) is 0 Å². The van der Waals surface area contributed by atoms with Crippen LogP contribution >= 0.6 is 0 Å². The summed E-state index contributed by atoms with van der Waals surface area (Å²) < 4.78 is 12.9. The average Bonchev–Trinajstić information content (AvgIpc) is 2.26. The molecule has 0 bridgehead atoms. The molecule has 0 aliphatic rings. The number of benzene rings is 1. The number of aliphatic hydroxyl groups is 1. The molecular weight excluding hydrogens is 217 g/mol. The van der Waals surface area contributed by atoms with Gasteiger partial charge in [0.1, 0.15) is 5.82 Å². The van der Waals surface area contributed by atoms with Gasteiger partial charge >= 0.3 is 0 Å². The van der Waals surface area contributed by atoms with Crippen molar-refractivity contribution in [3.05, 3.63) is 35.6 Å². The van der Waals surface area contributed by atoms with Crippen molar-refractivity contribution in [2.45, 2.75) is 32.3 Å². The van der Waals surface area contributed by atoms with Crippen LogP contribution in [-0.4, -0.2) is 36.2 Å². The summed E-state index contributed by atoms with van der Waals surface area (Å²) >= 11 is 0. The van der Waals surface area contributed by atoms with Crippen molar-refractivity contribution in [2.75, 3.05) is 20.1 Å². The van der Waals surface area contributed by atoms with Gasteiger partial charge in [-0.25, -0.2) is 4.39 Å². The highest BCUT2D eigenvalue weighted by Crippen LogP contribution is 2.06. The van der Waals surface area contributed by atoms with Crippen molar-refractivity contribution in [1.82, 2.24) is 4.90 Å². The Morgan fingerprint density at radius 1 is 1.35 bits per heavy atom. The van der Waals surface area contributed by atoms with Crippen molar-refractivity contribution in [3.63, 3.8) is 0 Å². The van der Waals surface area contributed by atoms with Crippen LogP contribution in [0.25, 0.3) is 0 Å². The van der Waals surface area contributed by atoms with Crippen molar-refractivity contribution in [2.24, 2.45) is 0 Å². The lowest BCUT2D eigenvalue weighted by atomic mass is 10.1. The molecule has 1 aromatic rings. The molecule has 0 saturated carbocycles. The summed E-state index contributed by atoms with van der Waals surface area (Å²) in [6.45, 7) is 3.69. The maximum Gasteiger partial charge on any atom is 0.123 e. The van der Waals surface area contributed by atoms with Gasteiger partial charge in [-0.1, -0.05) is 12.1 Å². The predicted octanol–water partition coefficient (Wildman–Crippen LogP) is 2.46. The van der Waals surface area contributed by atoms with Gasteiger partial charge in [0, 0.05) is 6.54 Å². The fourth-order valence-electron chi connectivity index (χ4n) is 1.76. The van der Waals surface area contributed by atoms with Crippen molar-refractivity contribution < 1.29 is 9.50 Å². The first-order valence-corrected chi connectivity index (χ1v) is 6.19. The summed E-state index contributed by atoms with van der Waals surface area (Å²) in [5.41, 5.74) is 1.05. The van der Waals surface area contributed by atoms with Gasteiger partial charge in [0.25, 0.3) is 0 Å². The lowest BCUT2D eigenvalue weighted by Crippen LogP contribution is -2.23. The average molecular weight is 239 g/mol. The third kappa shape index (κ3) is 6.39. The van der Waals surface area contributed by atoms with Crippen LogP contribution in [0.2, 0.25) is 0 Å². The monoisotopic (exact) mass is 239 g/mol. The second-order valence-electron chi connectivity index (χ2n) is 4.67. The Balaban J connectivity index is 2.19. The molecule has 1 N–H and O–H groups in total. The molecule has 1 unspecified atom stereocenters. The maximum absolute atomic E-state index is 12.9. The largest absolute Gasteiger partial charge is 0.393 e. The highest BCUT2D eigenvalue weighted by atomic mass is 19.1. The zero-order valence-corrected chi connectivity index (χ0v) is 10.7. The van der Waals surface area contributed by atoms with Crippen molar-refractivity contribution in [1.29, 1.82) is 0 Å². The third-order valence-corrected chi connectivity index (χ3v) is 2.82. The van der Waals surface area contributed by atoms with E-state index < -0.39 is 0 Å². The lowest BCUT2D eigenvalue weighted by Gasteiger charge is -2.17. The Hall–Kier alpha value is -0.930. The molecule has 0 saturated heterocycles. The first-order valence-electron chi connectivity index (χ1n) is 6.19. The summed E-state index contributed by atoms with van der Waals surface area (Å²) in [5, 5.41) is 9.17. The zero-order valence-electron chi connectivity index (χ0n) is 10.7. The van der Waals surface area contributed by atoms with E-state index in [1.54, 1.807) is 19.1 Å². The normalized spacial score (nSPS) is 13.0. The molecule has 0 aromatic heterocycles. The molecular formula is C14H22FNO. The second kappa shape index (κ2) is 7.41. The van der Waals surface area contributed by atoms with E-state index in [1.807, 2.05) is 13.1 Å². The van der Waals surface area contributed by atoms with E-state index in [0.29, 0.717) is 0 Å². The Kier molecular flexibility index (Phi) is 6.16. The Bertz CT molecular complexity index is 328. The van der Waals surface area contributed by atoms with Crippen LogP contribution in [0.1, 0.15) is 25.3 Å². The van der Waals surface area contributed by atoms with Gasteiger partial charge in [-0.15, -0.1) is 0 Å². The number of aliphatic hydroxyl groups excluding tert-OH is 1. The van der Waals surface area contributed by atoms with Crippen LogP contribution in [0, 0.1) is 5.82 Å². The SMILES string of the molecule is CC(O)CCN(C)CCCc1cccc(F)c1. The van der Waals surface area contributed by atoms with Crippen LogP contribution in [0.5, 0.6) is 0 Å². The molecule has 96 valence electrons. The smallest absolute Gasteiger partial charge is 0.123 e. The molecule has 17 heavy (non-hydrogen) atoms. The van der Waals surface area contributed by atoms with Crippen LogP contribution in [0.15, 0.2) is 24.3 Å². The molecule has 0 radical (unpaired) electrons. The summed E-state index contributed by atoms with van der Waals surface area (Å²) in [6.07, 6.45) is 2.48. The molecule has 0 aliphatic carbocycles. The third-order valence-electron chi connectivity index (χ3n) is 2.82. The summed E-state index contributed by atoms with van der Waals surface area (Å²) in [4.78, 5) is 2.20. The maximum atomic E-state index is 12.9. The number of rotatable bonds is 7. The van der Waals surface area contributed by atoms with E-state index in [9.17, 15) is 4.39 Å². The van der Waals surface area contributed by atoms with E-state index in [1.165, 1.54) is 6.07 Å². The molecule has 0 aliphatic heterocycles. The van der Waals surface area contributed by atoms with Gasteiger partial charge in [-0.2, -0.15) is 0 Å². The predicted molar refractivity (Wildman–Crippen MR) is 68.5 cm³/mol. The number of hydrogen-bond acceptors (Lipinski definition) is 2. The van der Waals surface area contributed by atoms with E-state index in [2.05, 4.69) is 4.90 Å². The summed E-state index contributed by atoms with van der Waals surface area (Å²) in [7, 11) is 2.05. The standard InChI is InChI=1S/C14H22FNO/c1-12(17)8-10-16(2)9-4-6-13-5-3-7-14(15)11-13/h3,5,7,11-12,17H,4,6,8-10H2,1-2H3. The Labute approximate surface area is 103 Å². The molecule has 2 nitrogen and oxygen atoms in total. The minimum absolute atomic E-state index is 0.162. The first kappa shape index (κ1) is 14.1. The van der Waals surface area contributed by atoms with Crippen LogP contribution < -0.4 is 0 Å². The molecule has 1 rings (SSSR count). The van der Waals surface area contributed by atoms with Gasteiger partial charge in [0.15, 0.2) is 0 Å². The number of nitrogens with zero attached hydrogens (tertiary/aromatic N) is 1. The van der Waals surface area contributed by atoms with Gasteiger partial charge in [0.2, 0.25) is 0 Å². The molecule has 1 atom stereocenters. The number of hydrogen-bond donors (Lipinski definition) is 1. The highest BCUT2D eigenvalue weighted by Gasteiger charge is 2.02. The molecule has 0 heterocycles. The van der Waals surface area contributed by atoms with Gasteiger partial charge in [0.05, 0.1) is 6.10 Å². The second-order valence-corrected chi connectivity index (χ2v) is 4.67. The highest BCUT2D eigenvalue weighted by molar-refractivity contribution is 5.16. The van der Waals surface area contributed by atoms with Crippen LogP contribution in [0.3, 0.4) is 0 Å². The quantitative estimate of drug-likeness (QED) is 0.790. The summed E-state index contributed by atoms with van der Waals surface area (Å²) in [6, 6.07) is 6.77. The Morgan fingerprint density at radius 2 is 2.12 bits per heavy atom. The topological polar surface area (TPSA) is 23.5 Å². The molecule has 1 aromatic carbocycles. The van der Waals surface area contributed by atoms with E-state index in [-0.39, 0.29) is 11.9 Å². The van der Waals surface area contributed by atoms with Crippen molar-refractivity contribution in [3.8, 4) is 0 Å². The molecule has 0 spiro atoms. The zero-order chi connectivity index (χ0) is 12.7. The van der Waals surface area contributed by atoms with Crippen molar-refractivity contribution >= 4 is 0 Å². The lowest BCUT2D eigenvalue weighted by molar-refractivity contribution is 0.164. The fourth-order valence-corrected chi connectivity index (χ4v) is 1.76. The number of aryl methyl sites for hydroxylation is 1. The number of halogens is 1. The van der Waals surface area contributed by atoms with E-state index in [0.717, 1.165) is 37.9 Å². The minimum atomic E-state index is -0.235. The molecule has 3 heteroatoms.